The fourth-order valence-electron chi connectivity index (χ4n) is 1.70. The molecule has 126 valence electrons. The molecule has 2 amide bonds. The van der Waals surface area contributed by atoms with Crippen LogP contribution in [0.2, 0.25) is 0 Å². The van der Waals surface area contributed by atoms with Crippen molar-refractivity contribution >= 4 is 56.4 Å². The summed E-state index contributed by atoms with van der Waals surface area (Å²) in [5, 5.41) is 4.27. The summed E-state index contributed by atoms with van der Waals surface area (Å²) in [6, 6.07) is 8.40. The highest BCUT2D eigenvalue weighted by atomic mass is 79.9. The summed E-state index contributed by atoms with van der Waals surface area (Å²) >= 11 is 9.63. The molecule has 6 nitrogen and oxygen atoms in total. The van der Waals surface area contributed by atoms with Crippen molar-refractivity contribution < 1.29 is 14.3 Å². The number of halogens is 1. The van der Waals surface area contributed by atoms with Crippen molar-refractivity contribution in [1.82, 2.24) is 16.2 Å². The number of benzene rings is 1. The third kappa shape index (κ3) is 5.02. The Bertz CT molecular complexity index is 750. The number of carbonyl (C=O) groups excluding carboxylic acids is 2. The van der Waals surface area contributed by atoms with Gasteiger partial charge in [-0.05, 0) is 64.7 Å². The lowest BCUT2D eigenvalue weighted by atomic mass is 10.2. The van der Waals surface area contributed by atoms with Gasteiger partial charge in [0.05, 0.1) is 16.0 Å². The monoisotopic (exact) mass is 427 g/mol. The zero-order chi connectivity index (χ0) is 17.5. The Hall–Kier alpha value is -1.97. The zero-order valence-electron chi connectivity index (χ0n) is 12.6. The molecule has 9 heteroatoms. The van der Waals surface area contributed by atoms with E-state index in [1.165, 1.54) is 11.3 Å². The van der Waals surface area contributed by atoms with Crippen LogP contribution in [0.4, 0.5) is 0 Å². The second-order valence-corrected chi connectivity index (χ2v) is 6.63. The Labute approximate surface area is 156 Å². The summed E-state index contributed by atoms with van der Waals surface area (Å²) < 4.78 is 6.06. The molecule has 2 rings (SSSR count). The number of hydrazine groups is 1. The molecule has 1 heterocycles. The molecule has 0 saturated carbocycles. The minimum absolute atomic E-state index is 0.00471. The van der Waals surface area contributed by atoms with Crippen LogP contribution < -0.4 is 20.9 Å². The molecule has 0 atom stereocenters. The molecule has 0 unspecified atom stereocenters. The number of rotatable bonds is 4. The smallest absolute Gasteiger partial charge is 0.279 e. The average molecular weight is 428 g/mol. The van der Waals surface area contributed by atoms with E-state index >= 15 is 0 Å². The highest BCUT2D eigenvalue weighted by Crippen LogP contribution is 2.25. The molecule has 24 heavy (non-hydrogen) atoms. The first-order valence-electron chi connectivity index (χ1n) is 6.88. The molecule has 2 aromatic rings. The molecular weight excluding hydrogens is 414 g/mol. The second kappa shape index (κ2) is 8.76. The fourth-order valence-corrected chi connectivity index (χ4v) is 2.96. The van der Waals surface area contributed by atoms with Gasteiger partial charge in [-0.2, -0.15) is 0 Å². The van der Waals surface area contributed by atoms with Crippen LogP contribution in [0.25, 0.3) is 0 Å². The Morgan fingerprint density at radius 3 is 2.67 bits per heavy atom. The molecule has 0 aliphatic rings. The second-order valence-electron chi connectivity index (χ2n) is 4.42. The van der Waals surface area contributed by atoms with E-state index < -0.39 is 5.91 Å². The first-order valence-corrected chi connectivity index (χ1v) is 8.97. The van der Waals surface area contributed by atoms with E-state index in [1.807, 2.05) is 6.92 Å². The number of thiocarbonyl (C=S) groups is 1. The fraction of sp³-hybridized carbons (Fsp3) is 0.133. The Morgan fingerprint density at radius 1 is 1.25 bits per heavy atom. The maximum Gasteiger partial charge on any atom is 0.279 e. The highest BCUT2D eigenvalue weighted by molar-refractivity contribution is 9.10. The quantitative estimate of drug-likeness (QED) is 0.516. The van der Waals surface area contributed by atoms with E-state index in [9.17, 15) is 9.59 Å². The van der Waals surface area contributed by atoms with Gasteiger partial charge in [0, 0.05) is 5.56 Å². The van der Waals surface area contributed by atoms with Gasteiger partial charge in [0.2, 0.25) is 0 Å². The van der Waals surface area contributed by atoms with Crippen LogP contribution in [0.3, 0.4) is 0 Å². The van der Waals surface area contributed by atoms with Crippen LogP contribution >= 0.6 is 39.5 Å². The van der Waals surface area contributed by atoms with E-state index in [4.69, 9.17) is 17.0 Å². The predicted octanol–water partition coefficient (Wildman–Crippen LogP) is 2.86. The van der Waals surface area contributed by atoms with E-state index in [0.717, 1.165) is 0 Å². The first kappa shape index (κ1) is 18.4. The predicted molar refractivity (Wildman–Crippen MR) is 100 cm³/mol. The van der Waals surface area contributed by atoms with Crippen LogP contribution in [-0.2, 0) is 0 Å². The van der Waals surface area contributed by atoms with Crippen molar-refractivity contribution in [2.75, 3.05) is 6.61 Å². The van der Waals surface area contributed by atoms with Crippen molar-refractivity contribution in [2.24, 2.45) is 0 Å². The number of thiophene rings is 1. The van der Waals surface area contributed by atoms with Crippen molar-refractivity contribution in [3.63, 3.8) is 0 Å². The lowest BCUT2D eigenvalue weighted by molar-refractivity contribution is 0.0938. The number of hydrogen-bond donors (Lipinski definition) is 3. The molecule has 0 fully saturated rings. The third-order valence-electron chi connectivity index (χ3n) is 2.76. The Balaban J connectivity index is 1.88. The molecule has 0 saturated heterocycles. The zero-order valence-corrected chi connectivity index (χ0v) is 15.8. The van der Waals surface area contributed by atoms with Crippen LogP contribution in [-0.4, -0.2) is 23.5 Å². The van der Waals surface area contributed by atoms with E-state index in [1.54, 1.807) is 35.7 Å². The Morgan fingerprint density at radius 2 is 2.04 bits per heavy atom. The molecule has 0 aliphatic carbocycles. The lowest BCUT2D eigenvalue weighted by Crippen LogP contribution is -2.48. The minimum atomic E-state index is -0.401. The van der Waals surface area contributed by atoms with E-state index in [0.29, 0.717) is 27.3 Å². The highest BCUT2D eigenvalue weighted by Gasteiger charge is 2.12. The summed E-state index contributed by atoms with van der Waals surface area (Å²) in [5.74, 6) is -0.0787. The number of carbonyl (C=O) groups is 2. The van der Waals surface area contributed by atoms with Gasteiger partial charge in [0.25, 0.3) is 11.8 Å². The first-order chi connectivity index (χ1) is 11.5. The topological polar surface area (TPSA) is 79.5 Å². The average Bonchev–Trinajstić information content (AvgIpc) is 3.09. The number of ether oxygens (including phenoxy) is 1. The largest absolute Gasteiger partial charge is 0.493 e. The number of amides is 2. The van der Waals surface area contributed by atoms with Crippen LogP contribution in [0.1, 0.15) is 27.0 Å². The SMILES string of the molecule is CCOc1ccc(C(=O)NC(=S)NNC(=O)c2cccs2)cc1Br. The molecule has 0 aliphatic heterocycles. The lowest BCUT2D eigenvalue weighted by Gasteiger charge is -2.11. The summed E-state index contributed by atoms with van der Waals surface area (Å²) in [6.07, 6.45) is 0. The molecule has 0 radical (unpaired) electrons. The van der Waals surface area contributed by atoms with Crippen LogP contribution in [0.15, 0.2) is 40.2 Å². The minimum Gasteiger partial charge on any atom is -0.493 e. The van der Waals surface area contributed by atoms with Gasteiger partial charge < -0.3 is 4.74 Å². The summed E-state index contributed by atoms with van der Waals surface area (Å²) in [7, 11) is 0. The maximum atomic E-state index is 12.1. The van der Waals surface area contributed by atoms with Gasteiger partial charge in [-0.1, -0.05) is 6.07 Å². The van der Waals surface area contributed by atoms with Gasteiger partial charge in [0.1, 0.15) is 5.75 Å². The normalized spacial score (nSPS) is 9.92. The van der Waals surface area contributed by atoms with E-state index in [2.05, 4.69) is 32.1 Å². The van der Waals surface area contributed by atoms with E-state index in [-0.39, 0.29) is 11.0 Å². The standard InChI is InChI=1S/C15H14BrN3O3S2/c1-2-22-11-6-5-9(8-10(11)16)13(20)17-15(23)19-18-14(21)12-4-3-7-24-12/h3-8H,2H2,1H3,(H,18,21)(H2,17,19,20,23). The van der Waals surface area contributed by atoms with Crippen molar-refractivity contribution in [1.29, 1.82) is 0 Å². The summed E-state index contributed by atoms with van der Waals surface area (Å²) in [4.78, 5) is 24.4. The summed E-state index contributed by atoms with van der Waals surface area (Å²) in [6.45, 7) is 2.41. The molecule has 1 aromatic heterocycles. The number of hydrogen-bond acceptors (Lipinski definition) is 5. The van der Waals surface area contributed by atoms with Crippen LogP contribution in [0, 0.1) is 0 Å². The van der Waals surface area contributed by atoms with Crippen LogP contribution in [0.5, 0.6) is 5.75 Å². The van der Waals surface area contributed by atoms with Gasteiger partial charge in [-0.25, -0.2) is 0 Å². The van der Waals surface area contributed by atoms with Crippen molar-refractivity contribution in [3.8, 4) is 5.75 Å². The third-order valence-corrected chi connectivity index (χ3v) is 4.45. The van der Waals surface area contributed by atoms with Gasteiger partial charge in [-0.15, -0.1) is 11.3 Å². The van der Waals surface area contributed by atoms with Crippen molar-refractivity contribution in [3.05, 3.63) is 50.6 Å². The van der Waals surface area contributed by atoms with Gasteiger partial charge in [-0.3, -0.25) is 25.8 Å². The molecular formula is C15H14BrN3O3S2. The summed E-state index contributed by atoms with van der Waals surface area (Å²) in [5.41, 5.74) is 5.30. The molecule has 0 bridgehead atoms. The maximum absolute atomic E-state index is 12.1. The molecule has 0 spiro atoms. The Kier molecular flexibility index (Phi) is 6.71. The molecule has 1 aromatic carbocycles. The van der Waals surface area contributed by atoms with Gasteiger partial charge >= 0.3 is 0 Å². The number of nitrogens with one attached hydrogen (secondary N) is 3. The van der Waals surface area contributed by atoms with Crippen molar-refractivity contribution in [2.45, 2.75) is 6.92 Å². The van der Waals surface area contributed by atoms with Gasteiger partial charge in [0.15, 0.2) is 5.11 Å². The molecule has 3 N–H and O–H groups in total.